The van der Waals surface area contributed by atoms with Crippen molar-refractivity contribution in [2.75, 3.05) is 0 Å². The summed E-state index contributed by atoms with van der Waals surface area (Å²) in [4.78, 5) is 10.0. The summed E-state index contributed by atoms with van der Waals surface area (Å²) in [5, 5.41) is 4.70. The van der Waals surface area contributed by atoms with E-state index in [9.17, 15) is 0 Å². The van der Waals surface area contributed by atoms with Gasteiger partial charge in [-0.05, 0) is 39.3 Å². The molecular formula is C14H19N3S. The Balaban J connectivity index is 2.08. The number of nitrogens with zero attached hydrogens (tertiary/aromatic N) is 2. The topological polar surface area (TPSA) is 37.8 Å². The lowest BCUT2D eigenvalue weighted by atomic mass is 10.1. The van der Waals surface area contributed by atoms with E-state index in [1.807, 2.05) is 12.3 Å². The molecule has 0 bridgehead atoms. The van der Waals surface area contributed by atoms with Gasteiger partial charge < -0.3 is 5.32 Å². The van der Waals surface area contributed by atoms with Crippen LogP contribution in [-0.2, 0) is 0 Å². The Bertz CT molecular complexity index is 507. The lowest BCUT2D eigenvalue weighted by Crippen LogP contribution is -2.23. The number of hydrogen-bond donors (Lipinski definition) is 1. The summed E-state index contributed by atoms with van der Waals surface area (Å²) in [6, 6.07) is 4.59. The summed E-state index contributed by atoms with van der Waals surface area (Å²) in [6.45, 7) is 8.50. The number of thiazole rings is 1. The first-order chi connectivity index (χ1) is 8.58. The molecule has 3 nitrogen and oxygen atoms in total. The van der Waals surface area contributed by atoms with E-state index in [0.29, 0.717) is 0 Å². The number of aryl methyl sites for hydroxylation is 2. The van der Waals surface area contributed by atoms with Gasteiger partial charge in [0, 0.05) is 29.4 Å². The fraction of sp³-hybridized carbons (Fsp3) is 0.429. The van der Waals surface area contributed by atoms with Crippen molar-refractivity contribution in [3.63, 3.8) is 0 Å². The molecule has 0 amide bonds. The van der Waals surface area contributed by atoms with Gasteiger partial charge in [0.25, 0.3) is 0 Å². The average Bonchev–Trinajstić information content (AvgIpc) is 2.69. The van der Waals surface area contributed by atoms with Crippen LogP contribution in [0.25, 0.3) is 0 Å². The minimum atomic E-state index is 0.255. The van der Waals surface area contributed by atoms with Crippen LogP contribution >= 0.6 is 11.3 Å². The second-order valence-electron chi connectivity index (χ2n) is 4.57. The molecule has 2 aromatic rings. The average molecular weight is 261 g/mol. The van der Waals surface area contributed by atoms with Crippen molar-refractivity contribution in [1.29, 1.82) is 0 Å². The molecule has 18 heavy (non-hydrogen) atoms. The lowest BCUT2D eigenvalue weighted by molar-refractivity contribution is 0.485. The first-order valence-electron chi connectivity index (χ1n) is 6.18. The van der Waals surface area contributed by atoms with E-state index in [1.54, 1.807) is 17.5 Å². The van der Waals surface area contributed by atoms with Gasteiger partial charge in [-0.25, -0.2) is 4.98 Å². The van der Waals surface area contributed by atoms with Crippen LogP contribution < -0.4 is 5.32 Å². The van der Waals surface area contributed by atoms with Gasteiger partial charge in [0.15, 0.2) is 0 Å². The fourth-order valence-electron chi connectivity index (χ4n) is 2.13. The molecule has 0 saturated heterocycles. The van der Waals surface area contributed by atoms with E-state index >= 15 is 0 Å². The quantitative estimate of drug-likeness (QED) is 0.914. The predicted molar refractivity (Wildman–Crippen MR) is 75.8 cm³/mol. The van der Waals surface area contributed by atoms with Gasteiger partial charge in [-0.3, -0.25) is 4.98 Å². The summed E-state index contributed by atoms with van der Waals surface area (Å²) in [5.41, 5.74) is 2.36. The maximum Gasteiger partial charge on any atom is 0.0900 e. The van der Waals surface area contributed by atoms with Crippen LogP contribution in [0.2, 0.25) is 0 Å². The molecule has 0 aliphatic heterocycles. The molecule has 0 aliphatic carbocycles. The van der Waals surface area contributed by atoms with Crippen LogP contribution in [0.5, 0.6) is 0 Å². The van der Waals surface area contributed by atoms with Gasteiger partial charge in [0.1, 0.15) is 0 Å². The lowest BCUT2D eigenvalue weighted by Gasteiger charge is -2.19. The molecule has 1 unspecified atom stereocenters. The highest BCUT2D eigenvalue weighted by molar-refractivity contribution is 7.11. The van der Waals surface area contributed by atoms with Crippen molar-refractivity contribution < 1.29 is 0 Å². The van der Waals surface area contributed by atoms with Gasteiger partial charge in [-0.1, -0.05) is 6.07 Å². The Morgan fingerprint density at radius 3 is 2.56 bits per heavy atom. The van der Waals surface area contributed by atoms with Crippen LogP contribution in [0.15, 0.2) is 24.5 Å². The normalized spacial score (nSPS) is 14.4. The van der Waals surface area contributed by atoms with E-state index < -0.39 is 0 Å². The molecule has 0 aromatic carbocycles. The molecule has 0 aliphatic rings. The first-order valence-corrected chi connectivity index (χ1v) is 6.99. The van der Waals surface area contributed by atoms with Crippen LogP contribution in [0.3, 0.4) is 0 Å². The van der Waals surface area contributed by atoms with Crippen LogP contribution in [0.1, 0.15) is 47.1 Å². The fourth-order valence-corrected chi connectivity index (χ4v) is 3.04. The van der Waals surface area contributed by atoms with E-state index in [-0.39, 0.29) is 12.1 Å². The molecule has 0 fully saturated rings. The summed E-state index contributed by atoms with van der Waals surface area (Å²) in [5.74, 6) is 0. The molecule has 2 atom stereocenters. The number of pyridine rings is 1. The Labute approximate surface area is 112 Å². The summed E-state index contributed by atoms with van der Waals surface area (Å²) in [6.07, 6.45) is 3.71. The largest absolute Gasteiger partial charge is 0.302 e. The number of hydrogen-bond acceptors (Lipinski definition) is 4. The van der Waals surface area contributed by atoms with E-state index in [1.165, 1.54) is 10.4 Å². The molecule has 0 radical (unpaired) electrons. The smallest absolute Gasteiger partial charge is 0.0900 e. The van der Waals surface area contributed by atoms with E-state index in [2.05, 4.69) is 49.0 Å². The van der Waals surface area contributed by atoms with Crippen molar-refractivity contribution in [2.45, 2.75) is 39.8 Å². The van der Waals surface area contributed by atoms with Crippen LogP contribution in [-0.4, -0.2) is 9.97 Å². The Kier molecular flexibility index (Phi) is 4.09. The van der Waals surface area contributed by atoms with Crippen LogP contribution in [0, 0.1) is 13.8 Å². The van der Waals surface area contributed by atoms with Gasteiger partial charge in [-0.15, -0.1) is 11.3 Å². The maximum absolute atomic E-state index is 4.60. The van der Waals surface area contributed by atoms with Crippen molar-refractivity contribution >= 4 is 11.3 Å². The molecule has 1 N–H and O–H groups in total. The number of rotatable bonds is 4. The first kappa shape index (κ1) is 13.2. The van der Waals surface area contributed by atoms with Gasteiger partial charge in [0.05, 0.1) is 10.7 Å². The second kappa shape index (κ2) is 5.59. The highest BCUT2D eigenvalue weighted by Gasteiger charge is 2.15. The van der Waals surface area contributed by atoms with Gasteiger partial charge in [0.2, 0.25) is 0 Å². The Hall–Kier alpha value is -1.26. The zero-order chi connectivity index (χ0) is 13.1. The molecular weight excluding hydrogens is 242 g/mol. The highest BCUT2D eigenvalue weighted by Crippen LogP contribution is 2.24. The second-order valence-corrected chi connectivity index (χ2v) is 5.98. The third-order valence-corrected chi connectivity index (χ3v) is 3.94. The maximum atomic E-state index is 4.60. The number of aromatic nitrogens is 2. The van der Waals surface area contributed by atoms with E-state index in [4.69, 9.17) is 0 Å². The molecule has 0 spiro atoms. The van der Waals surface area contributed by atoms with Crippen molar-refractivity contribution in [1.82, 2.24) is 15.3 Å². The minimum absolute atomic E-state index is 0.255. The molecule has 2 heterocycles. The summed E-state index contributed by atoms with van der Waals surface area (Å²) < 4.78 is 0. The molecule has 0 saturated carbocycles. The minimum Gasteiger partial charge on any atom is -0.302 e. The number of nitrogens with one attached hydrogen (secondary N) is 1. The Morgan fingerprint density at radius 1 is 1.22 bits per heavy atom. The Morgan fingerprint density at radius 2 is 2.00 bits per heavy atom. The van der Waals surface area contributed by atoms with Crippen molar-refractivity contribution in [3.8, 4) is 0 Å². The SMILES string of the molecule is Cc1nc(C(C)N[C@H](C)c2cccnc2)c(C)s1. The summed E-state index contributed by atoms with van der Waals surface area (Å²) >= 11 is 1.76. The molecule has 96 valence electrons. The zero-order valence-corrected chi connectivity index (χ0v) is 12.1. The molecule has 2 aromatic heterocycles. The van der Waals surface area contributed by atoms with Crippen molar-refractivity contribution in [3.05, 3.63) is 45.7 Å². The van der Waals surface area contributed by atoms with Gasteiger partial charge >= 0.3 is 0 Å². The standard InChI is InChI=1S/C14H19N3S/c1-9(13-6-5-7-15-8-13)16-10(2)14-11(3)18-12(4)17-14/h5-10,16H,1-4H3/t9-,10?/m1/s1. The third kappa shape index (κ3) is 2.94. The highest BCUT2D eigenvalue weighted by atomic mass is 32.1. The van der Waals surface area contributed by atoms with Crippen molar-refractivity contribution in [2.24, 2.45) is 0 Å². The monoisotopic (exact) mass is 261 g/mol. The van der Waals surface area contributed by atoms with Crippen LogP contribution in [0.4, 0.5) is 0 Å². The molecule has 2 rings (SSSR count). The van der Waals surface area contributed by atoms with E-state index in [0.717, 1.165) is 10.7 Å². The molecule has 4 heteroatoms. The third-order valence-electron chi connectivity index (χ3n) is 3.03. The summed E-state index contributed by atoms with van der Waals surface area (Å²) in [7, 11) is 0. The van der Waals surface area contributed by atoms with Gasteiger partial charge in [-0.2, -0.15) is 0 Å². The predicted octanol–water partition coefficient (Wildman–Crippen LogP) is 3.57. The zero-order valence-electron chi connectivity index (χ0n) is 11.3.